The van der Waals surface area contributed by atoms with E-state index in [-0.39, 0.29) is 16.7 Å². The number of aliphatic imine (C=N–C) groups is 1. The number of hydrogen-bond donors (Lipinski definition) is 1. The van der Waals surface area contributed by atoms with E-state index in [2.05, 4.69) is 4.99 Å². The number of nitrogens with zero attached hydrogens (tertiary/aromatic N) is 1. The molecule has 0 spiro atoms. The lowest BCUT2D eigenvalue weighted by atomic mass is 10.2. The molecule has 0 saturated heterocycles. The number of phenols is 1. The summed E-state index contributed by atoms with van der Waals surface area (Å²) in [5, 5.41) is 10.4. The molecule has 0 aliphatic rings. The van der Waals surface area contributed by atoms with Gasteiger partial charge >= 0.3 is 5.97 Å². The zero-order valence-electron chi connectivity index (χ0n) is 12.4. The first-order valence-corrected chi connectivity index (χ1v) is 7.76. The van der Waals surface area contributed by atoms with Crippen molar-refractivity contribution >= 4 is 41.1 Å². The Hall–Kier alpha value is -2.04. The van der Waals surface area contributed by atoms with E-state index < -0.39 is 0 Å². The molecular weight excluding hydrogens is 337 g/mol. The third kappa shape index (κ3) is 4.71. The molecule has 23 heavy (non-hydrogen) atoms. The first kappa shape index (κ1) is 17.3. The molecule has 0 saturated carbocycles. The first-order chi connectivity index (χ1) is 11.0. The normalized spacial score (nSPS) is 10.9. The number of ether oxygens (including phenoxy) is 1. The number of esters is 1. The maximum atomic E-state index is 11.7. The standard InChI is InChI=1S/C17H15Cl2NO3/c1-2-7-23-17(22)11-3-5-14(6-4-11)20-10-12-8-13(18)9-15(19)16(12)21/h3-6,8-10,21H,2,7H2,1H3. The molecule has 2 aromatic rings. The molecule has 6 heteroatoms. The minimum atomic E-state index is -0.360. The van der Waals surface area contributed by atoms with Crippen LogP contribution >= 0.6 is 23.2 Å². The summed E-state index contributed by atoms with van der Waals surface area (Å²) in [7, 11) is 0. The molecule has 1 N–H and O–H groups in total. The number of halogens is 2. The second-order valence-electron chi connectivity index (χ2n) is 4.77. The van der Waals surface area contributed by atoms with Crippen LogP contribution in [0.2, 0.25) is 10.0 Å². The van der Waals surface area contributed by atoms with Gasteiger partial charge in [-0.25, -0.2) is 4.79 Å². The van der Waals surface area contributed by atoms with Crippen LogP contribution in [0.1, 0.15) is 29.3 Å². The fraction of sp³-hybridized carbons (Fsp3) is 0.176. The largest absolute Gasteiger partial charge is 0.506 e. The first-order valence-electron chi connectivity index (χ1n) is 7.00. The van der Waals surface area contributed by atoms with Gasteiger partial charge in [-0.1, -0.05) is 30.1 Å². The third-order valence-electron chi connectivity index (χ3n) is 2.95. The van der Waals surface area contributed by atoms with E-state index in [1.807, 2.05) is 6.92 Å². The summed E-state index contributed by atoms with van der Waals surface area (Å²) in [5.41, 5.74) is 1.49. The highest BCUT2D eigenvalue weighted by Crippen LogP contribution is 2.30. The van der Waals surface area contributed by atoms with Crippen LogP contribution < -0.4 is 0 Å². The van der Waals surface area contributed by atoms with E-state index in [4.69, 9.17) is 27.9 Å². The smallest absolute Gasteiger partial charge is 0.338 e. The summed E-state index contributed by atoms with van der Waals surface area (Å²) in [6.07, 6.45) is 2.23. The minimum absolute atomic E-state index is 0.0837. The molecular formula is C17H15Cl2NO3. The van der Waals surface area contributed by atoms with Crippen LogP contribution in [-0.2, 0) is 4.74 Å². The second kappa shape index (κ2) is 7.99. The van der Waals surface area contributed by atoms with Crippen molar-refractivity contribution in [1.82, 2.24) is 0 Å². The van der Waals surface area contributed by atoms with Gasteiger partial charge in [0.05, 0.1) is 22.9 Å². The zero-order valence-corrected chi connectivity index (χ0v) is 13.9. The lowest BCUT2D eigenvalue weighted by molar-refractivity contribution is 0.0505. The molecule has 2 rings (SSSR count). The molecule has 0 aliphatic heterocycles. The van der Waals surface area contributed by atoms with Gasteiger partial charge in [0.25, 0.3) is 0 Å². The van der Waals surface area contributed by atoms with Crippen LogP contribution in [-0.4, -0.2) is 23.9 Å². The number of benzene rings is 2. The maximum Gasteiger partial charge on any atom is 0.338 e. The Morgan fingerprint density at radius 3 is 2.61 bits per heavy atom. The fourth-order valence-electron chi connectivity index (χ4n) is 1.79. The Balaban J connectivity index is 2.13. The molecule has 0 radical (unpaired) electrons. The Bertz CT molecular complexity index is 727. The van der Waals surface area contributed by atoms with Gasteiger partial charge in [-0.2, -0.15) is 0 Å². The summed E-state index contributed by atoms with van der Waals surface area (Å²) < 4.78 is 5.05. The van der Waals surface area contributed by atoms with Gasteiger partial charge in [-0.15, -0.1) is 0 Å². The highest BCUT2D eigenvalue weighted by molar-refractivity contribution is 6.36. The molecule has 120 valence electrons. The summed E-state index contributed by atoms with van der Waals surface area (Å²) in [6.45, 7) is 2.33. The summed E-state index contributed by atoms with van der Waals surface area (Å²) in [5.74, 6) is -0.443. The molecule has 0 unspecified atom stereocenters. The van der Waals surface area contributed by atoms with Crippen LogP contribution in [0.15, 0.2) is 41.4 Å². The average molecular weight is 352 g/mol. The van der Waals surface area contributed by atoms with Gasteiger partial charge in [0.15, 0.2) is 0 Å². The van der Waals surface area contributed by atoms with Gasteiger partial charge in [0.2, 0.25) is 0 Å². The number of rotatable bonds is 5. The molecule has 0 fully saturated rings. The average Bonchev–Trinajstić information content (AvgIpc) is 2.55. The van der Waals surface area contributed by atoms with Crippen LogP contribution in [0.4, 0.5) is 5.69 Å². The van der Waals surface area contributed by atoms with Crippen molar-refractivity contribution in [2.45, 2.75) is 13.3 Å². The van der Waals surface area contributed by atoms with Crippen molar-refractivity contribution in [3.8, 4) is 5.75 Å². The molecule has 0 aromatic heterocycles. The summed E-state index contributed by atoms with van der Waals surface area (Å²) in [6, 6.07) is 9.64. The van der Waals surface area contributed by atoms with Crippen molar-refractivity contribution < 1.29 is 14.6 Å². The molecule has 0 bridgehead atoms. The van der Waals surface area contributed by atoms with Gasteiger partial charge < -0.3 is 9.84 Å². The van der Waals surface area contributed by atoms with Crippen LogP contribution in [0.25, 0.3) is 0 Å². The van der Waals surface area contributed by atoms with Gasteiger partial charge in [0.1, 0.15) is 5.75 Å². The van der Waals surface area contributed by atoms with Crippen molar-refractivity contribution in [2.24, 2.45) is 4.99 Å². The van der Waals surface area contributed by atoms with Crippen molar-refractivity contribution in [3.05, 3.63) is 57.6 Å². The van der Waals surface area contributed by atoms with Crippen molar-refractivity contribution in [3.63, 3.8) is 0 Å². The molecule has 0 aliphatic carbocycles. The third-order valence-corrected chi connectivity index (χ3v) is 3.46. The quantitative estimate of drug-likeness (QED) is 0.607. The van der Waals surface area contributed by atoms with Gasteiger partial charge in [-0.05, 0) is 42.8 Å². The summed E-state index contributed by atoms with van der Waals surface area (Å²) >= 11 is 11.7. The second-order valence-corrected chi connectivity index (χ2v) is 5.61. The molecule has 2 aromatic carbocycles. The Labute approximate surface area is 144 Å². The highest BCUT2D eigenvalue weighted by atomic mass is 35.5. The predicted molar refractivity (Wildman–Crippen MR) is 92.4 cm³/mol. The number of aromatic hydroxyl groups is 1. The van der Waals surface area contributed by atoms with Gasteiger partial charge in [-0.3, -0.25) is 4.99 Å². The Morgan fingerprint density at radius 2 is 1.96 bits per heavy atom. The molecule has 0 amide bonds. The number of carbonyl (C=O) groups excluding carboxylic acids is 1. The zero-order chi connectivity index (χ0) is 16.8. The fourth-order valence-corrected chi connectivity index (χ4v) is 2.30. The van der Waals surface area contributed by atoms with E-state index in [1.54, 1.807) is 30.3 Å². The van der Waals surface area contributed by atoms with Crippen LogP contribution in [0.5, 0.6) is 5.75 Å². The lowest BCUT2D eigenvalue weighted by Gasteiger charge is -2.04. The van der Waals surface area contributed by atoms with E-state index >= 15 is 0 Å². The van der Waals surface area contributed by atoms with Crippen molar-refractivity contribution in [2.75, 3.05) is 6.61 Å². The topological polar surface area (TPSA) is 58.9 Å². The molecule has 0 heterocycles. The number of carbonyl (C=O) groups is 1. The lowest BCUT2D eigenvalue weighted by Crippen LogP contribution is -2.05. The maximum absolute atomic E-state index is 11.7. The predicted octanol–water partition coefficient (Wildman–Crippen LogP) is 5.02. The van der Waals surface area contributed by atoms with Crippen molar-refractivity contribution in [1.29, 1.82) is 0 Å². The molecule has 4 nitrogen and oxygen atoms in total. The highest BCUT2D eigenvalue weighted by Gasteiger charge is 2.07. The monoisotopic (exact) mass is 351 g/mol. The number of phenolic OH excluding ortho intramolecular Hbond substituents is 1. The minimum Gasteiger partial charge on any atom is -0.506 e. The van der Waals surface area contributed by atoms with Crippen LogP contribution in [0.3, 0.4) is 0 Å². The number of hydrogen-bond acceptors (Lipinski definition) is 4. The van der Waals surface area contributed by atoms with Gasteiger partial charge in [0, 0.05) is 16.8 Å². The SMILES string of the molecule is CCCOC(=O)c1ccc(N=Cc2cc(Cl)cc(Cl)c2O)cc1. The van der Waals surface area contributed by atoms with E-state index in [0.29, 0.717) is 28.4 Å². The van der Waals surface area contributed by atoms with E-state index in [9.17, 15) is 9.90 Å². The summed E-state index contributed by atoms with van der Waals surface area (Å²) in [4.78, 5) is 15.9. The van der Waals surface area contributed by atoms with Crippen LogP contribution in [0, 0.1) is 0 Å². The molecule has 0 atom stereocenters. The van der Waals surface area contributed by atoms with E-state index in [0.717, 1.165) is 6.42 Å². The Morgan fingerprint density at radius 1 is 1.26 bits per heavy atom. The van der Waals surface area contributed by atoms with E-state index in [1.165, 1.54) is 12.3 Å². The Kier molecular flexibility index (Phi) is 6.02.